The average Bonchev–Trinajstić information content (AvgIpc) is 2.88. The Balaban J connectivity index is 2.05. The summed E-state index contributed by atoms with van der Waals surface area (Å²) in [7, 11) is 0. The number of fused-ring (bicyclic) bond motifs is 1. The van der Waals surface area contributed by atoms with Crippen LogP contribution < -0.4 is 5.56 Å². The van der Waals surface area contributed by atoms with Crippen LogP contribution in [0.1, 0.15) is 49.9 Å². The van der Waals surface area contributed by atoms with E-state index in [1.54, 1.807) is 11.3 Å². The third-order valence-electron chi connectivity index (χ3n) is 3.58. The van der Waals surface area contributed by atoms with Gasteiger partial charge in [-0.2, -0.15) is 0 Å². The molecule has 0 spiro atoms. The van der Waals surface area contributed by atoms with Gasteiger partial charge in [0.05, 0.1) is 10.7 Å². The molecule has 0 atom stereocenters. The van der Waals surface area contributed by atoms with Crippen LogP contribution in [0.3, 0.4) is 0 Å². The summed E-state index contributed by atoms with van der Waals surface area (Å²) in [6, 6.07) is 0. The molecule has 0 aromatic carbocycles. The van der Waals surface area contributed by atoms with Crippen molar-refractivity contribution in [3.8, 4) is 11.5 Å². The van der Waals surface area contributed by atoms with E-state index in [1.807, 2.05) is 5.38 Å². The van der Waals surface area contributed by atoms with E-state index in [-0.39, 0.29) is 11.0 Å². The van der Waals surface area contributed by atoms with Crippen LogP contribution in [-0.2, 0) is 18.3 Å². The van der Waals surface area contributed by atoms with E-state index in [1.165, 1.54) is 0 Å². The van der Waals surface area contributed by atoms with E-state index in [9.17, 15) is 4.79 Å². The van der Waals surface area contributed by atoms with Crippen molar-refractivity contribution in [1.82, 2.24) is 15.0 Å². The SMILES string of the molecule is CC(C)(C)c1nc(-c2nc3c(c(=O)[nH]2)CCCC3)cs1. The Morgan fingerprint density at radius 2 is 1.95 bits per heavy atom. The molecule has 2 heterocycles. The highest BCUT2D eigenvalue weighted by atomic mass is 32.1. The zero-order valence-corrected chi connectivity index (χ0v) is 12.9. The molecule has 0 aliphatic heterocycles. The van der Waals surface area contributed by atoms with Gasteiger partial charge in [0.15, 0.2) is 5.82 Å². The molecule has 20 heavy (non-hydrogen) atoms. The first-order valence-electron chi connectivity index (χ1n) is 7.03. The Morgan fingerprint density at radius 1 is 1.20 bits per heavy atom. The molecule has 106 valence electrons. The summed E-state index contributed by atoms with van der Waals surface area (Å²) in [5.74, 6) is 0.613. The summed E-state index contributed by atoms with van der Waals surface area (Å²) in [5, 5.41) is 3.04. The van der Waals surface area contributed by atoms with Crippen molar-refractivity contribution in [3.63, 3.8) is 0 Å². The molecular weight excluding hydrogens is 270 g/mol. The maximum atomic E-state index is 12.1. The van der Waals surface area contributed by atoms with Gasteiger partial charge in [0.25, 0.3) is 5.56 Å². The Hall–Kier alpha value is -1.49. The molecule has 1 N–H and O–H groups in total. The van der Waals surface area contributed by atoms with Gasteiger partial charge in [0.1, 0.15) is 5.69 Å². The highest BCUT2D eigenvalue weighted by Gasteiger charge is 2.21. The summed E-state index contributed by atoms with van der Waals surface area (Å²) in [4.78, 5) is 24.3. The lowest BCUT2D eigenvalue weighted by atomic mass is 9.97. The fourth-order valence-electron chi connectivity index (χ4n) is 2.45. The molecule has 1 aliphatic carbocycles. The normalized spacial score (nSPS) is 15.2. The summed E-state index contributed by atoms with van der Waals surface area (Å²) in [5.41, 5.74) is 2.64. The summed E-state index contributed by atoms with van der Waals surface area (Å²) < 4.78 is 0. The van der Waals surface area contributed by atoms with Gasteiger partial charge in [-0.15, -0.1) is 11.3 Å². The van der Waals surface area contributed by atoms with Gasteiger partial charge in [0.2, 0.25) is 0 Å². The third-order valence-corrected chi connectivity index (χ3v) is 4.85. The lowest BCUT2D eigenvalue weighted by Gasteiger charge is -2.14. The van der Waals surface area contributed by atoms with E-state index in [4.69, 9.17) is 0 Å². The monoisotopic (exact) mass is 289 g/mol. The van der Waals surface area contributed by atoms with Crippen LogP contribution in [0, 0.1) is 0 Å². The number of thiazole rings is 1. The molecule has 0 saturated heterocycles. The van der Waals surface area contributed by atoms with E-state index in [0.717, 1.165) is 47.6 Å². The zero-order valence-electron chi connectivity index (χ0n) is 12.1. The second kappa shape index (κ2) is 4.81. The lowest BCUT2D eigenvalue weighted by molar-refractivity contribution is 0.585. The van der Waals surface area contributed by atoms with Crippen molar-refractivity contribution in [3.05, 3.63) is 32.0 Å². The molecule has 3 rings (SSSR count). The number of hydrogen-bond donors (Lipinski definition) is 1. The van der Waals surface area contributed by atoms with Gasteiger partial charge in [0, 0.05) is 16.4 Å². The largest absolute Gasteiger partial charge is 0.305 e. The molecule has 0 amide bonds. The number of aromatic amines is 1. The summed E-state index contributed by atoms with van der Waals surface area (Å²) in [6.45, 7) is 6.41. The Morgan fingerprint density at radius 3 is 2.65 bits per heavy atom. The molecule has 0 saturated carbocycles. The second-order valence-electron chi connectivity index (χ2n) is 6.33. The van der Waals surface area contributed by atoms with Crippen LogP contribution in [0.2, 0.25) is 0 Å². The molecule has 0 bridgehead atoms. The van der Waals surface area contributed by atoms with Crippen LogP contribution in [0.15, 0.2) is 10.2 Å². The molecule has 5 heteroatoms. The first-order chi connectivity index (χ1) is 9.45. The fraction of sp³-hybridized carbons (Fsp3) is 0.533. The van der Waals surface area contributed by atoms with Crippen LogP contribution in [0.25, 0.3) is 11.5 Å². The van der Waals surface area contributed by atoms with E-state index < -0.39 is 0 Å². The Labute approximate surface area is 122 Å². The first-order valence-corrected chi connectivity index (χ1v) is 7.91. The number of nitrogens with zero attached hydrogens (tertiary/aromatic N) is 2. The van der Waals surface area contributed by atoms with Crippen LogP contribution in [-0.4, -0.2) is 15.0 Å². The summed E-state index contributed by atoms with van der Waals surface area (Å²) >= 11 is 1.62. The maximum Gasteiger partial charge on any atom is 0.254 e. The summed E-state index contributed by atoms with van der Waals surface area (Å²) in [6.07, 6.45) is 3.96. The quantitative estimate of drug-likeness (QED) is 0.877. The van der Waals surface area contributed by atoms with Gasteiger partial charge in [-0.1, -0.05) is 20.8 Å². The van der Waals surface area contributed by atoms with E-state index >= 15 is 0 Å². The smallest absolute Gasteiger partial charge is 0.254 e. The molecular formula is C15H19N3OS. The predicted molar refractivity (Wildman–Crippen MR) is 81.3 cm³/mol. The van der Waals surface area contributed by atoms with Crippen LogP contribution in [0.5, 0.6) is 0 Å². The molecule has 0 unspecified atom stereocenters. The second-order valence-corrected chi connectivity index (χ2v) is 7.19. The lowest BCUT2D eigenvalue weighted by Crippen LogP contribution is -2.21. The standard InChI is InChI=1S/C15H19N3OS/c1-15(2,3)14-17-11(8-20-14)12-16-10-7-5-4-6-9(10)13(19)18-12/h8H,4-7H2,1-3H3,(H,16,18,19). The van der Waals surface area contributed by atoms with Crippen LogP contribution >= 0.6 is 11.3 Å². The van der Waals surface area contributed by atoms with Crippen molar-refractivity contribution < 1.29 is 0 Å². The topological polar surface area (TPSA) is 58.6 Å². The minimum Gasteiger partial charge on any atom is -0.305 e. The minimum atomic E-state index is 0.00927. The minimum absolute atomic E-state index is 0.00927. The molecule has 2 aromatic rings. The number of aryl methyl sites for hydroxylation is 1. The van der Waals surface area contributed by atoms with Crippen molar-refractivity contribution in [2.24, 2.45) is 0 Å². The van der Waals surface area contributed by atoms with Gasteiger partial charge < -0.3 is 4.98 Å². The number of nitrogens with one attached hydrogen (secondary N) is 1. The average molecular weight is 289 g/mol. The van der Waals surface area contributed by atoms with Gasteiger partial charge in [-0.25, -0.2) is 9.97 Å². The number of aromatic nitrogens is 3. The predicted octanol–water partition coefficient (Wildman–Crippen LogP) is 3.07. The molecule has 0 fully saturated rings. The Bertz CT molecular complexity index is 694. The molecule has 4 nitrogen and oxygen atoms in total. The zero-order chi connectivity index (χ0) is 14.3. The van der Waals surface area contributed by atoms with Crippen molar-refractivity contribution in [1.29, 1.82) is 0 Å². The van der Waals surface area contributed by atoms with Gasteiger partial charge in [-0.3, -0.25) is 4.79 Å². The van der Waals surface area contributed by atoms with Gasteiger partial charge in [-0.05, 0) is 25.7 Å². The Kier molecular flexibility index (Phi) is 3.24. The number of hydrogen-bond acceptors (Lipinski definition) is 4. The molecule has 2 aromatic heterocycles. The van der Waals surface area contributed by atoms with Crippen LogP contribution in [0.4, 0.5) is 0 Å². The van der Waals surface area contributed by atoms with E-state index in [2.05, 4.69) is 35.7 Å². The molecule has 1 aliphatic rings. The van der Waals surface area contributed by atoms with Gasteiger partial charge >= 0.3 is 0 Å². The number of rotatable bonds is 1. The number of H-pyrrole nitrogens is 1. The maximum absolute atomic E-state index is 12.1. The molecule has 0 radical (unpaired) electrons. The fourth-order valence-corrected chi connectivity index (χ4v) is 3.34. The third kappa shape index (κ3) is 2.42. The first kappa shape index (κ1) is 13.5. The highest BCUT2D eigenvalue weighted by Crippen LogP contribution is 2.28. The van der Waals surface area contributed by atoms with Crippen molar-refractivity contribution >= 4 is 11.3 Å². The van der Waals surface area contributed by atoms with Crippen molar-refractivity contribution in [2.45, 2.75) is 51.9 Å². The van der Waals surface area contributed by atoms with Crippen molar-refractivity contribution in [2.75, 3.05) is 0 Å². The highest BCUT2D eigenvalue weighted by molar-refractivity contribution is 7.10. The van der Waals surface area contributed by atoms with E-state index in [0.29, 0.717) is 5.82 Å².